The number of hydrogen-bond acceptors (Lipinski definition) is 4. The number of hydrogen-bond donors (Lipinski definition) is 2. The molecule has 0 aliphatic carbocycles. The zero-order valence-corrected chi connectivity index (χ0v) is 20.7. The van der Waals surface area contributed by atoms with Crippen LogP contribution < -0.4 is 10.6 Å². The third kappa shape index (κ3) is 8.74. The summed E-state index contributed by atoms with van der Waals surface area (Å²) >= 11 is 0. The first kappa shape index (κ1) is 25.4. The van der Waals surface area contributed by atoms with Crippen LogP contribution in [0.5, 0.6) is 0 Å². The second-order valence-electron chi connectivity index (χ2n) is 7.20. The lowest BCUT2D eigenvalue weighted by Gasteiger charge is -2.18. The van der Waals surface area contributed by atoms with E-state index in [1.54, 1.807) is 0 Å². The first-order chi connectivity index (χ1) is 13.5. The highest BCUT2D eigenvalue weighted by molar-refractivity contribution is 14.0. The van der Waals surface area contributed by atoms with Crippen LogP contribution in [0.1, 0.15) is 63.1 Å². The molecule has 2 rings (SSSR count). The first-order valence-corrected chi connectivity index (χ1v) is 10.3. The molecule has 0 atom stereocenters. The summed E-state index contributed by atoms with van der Waals surface area (Å²) in [7, 11) is 0. The third-order valence-electron chi connectivity index (χ3n) is 4.65. The second-order valence-corrected chi connectivity index (χ2v) is 7.20. The molecule has 7 heteroatoms. The third-order valence-corrected chi connectivity index (χ3v) is 4.65. The molecule has 0 fully saturated rings. The van der Waals surface area contributed by atoms with Crippen molar-refractivity contribution in [3.8, 4) is 0 Å². The van der Waals surface area contributed by atoms with E-state index in [-0.39, 0.29) is 24.0 Å². The van der Waals surface area contributed by atoms with Crippen molar-refractivity contribution in [1.29, 1.82) is 0 Å². The molecule has 2 N–H and O–H groups in total. The van der Waals surface area contributed by atoms with Gasteiger partial charge in [0.05, 0.1) is 18.8 Å². The number of nitrogens with zero attached hydrogens (tertiary/aromatic N) is 3. The summed E-state index contributed by atoms with van der Waals surface area (Å²) in [5.74, 6) is 1.96. The van der Waals surface area contributed by atoms with Crippen molar-refractivity contribution in [2.75, 3.05) is 19.6 Å². The number of nitrogens with one attached hydrogen (secondary N) is 2. The Bertz CT molecular complexity index is 740. The lowest BCUT2D eigenvalue weighted by atomic mass is 10.1. The van der Waals surface area contributed by atoms with Gasteiger partial charge in [-0.1, -0.05) is 57.1 Å². The number of rotatable bonds is 10. The van der Waals surface area contributed by atoms with Gasteiger partial charge in [-0.15, -0.1) is 24.0 Å². The topological polar surface area (TPSA) is 65.7 Å². The quantitative estimate of drug-likeness (QED) is 0.278. The second kappa shape index (κ2) is 13.6. The molecule has 6 nitrogen and oxygen atoms in total. The van der Waals surface area contributed by atoms with E-state index in [1.165, 1.54) is 11.1 Å². The number of aliphatic imine (C=N–C) groups is 1. The van der Waals surface area contributed by atoms with Crippen molar-refractivity contribution in [1.82, 2.24) is 20.7 Å². The van der Waals surface area contributed by atoms with Gasteiger partial charge in [0.15, 0.2) is 11.7 Å². The van der Waals surface area contributed by atoms with Crippen LogP contribution in [0.15, 0.2) is 39.8 Å². The number of aromatic nitrogens is 1. The Labute approximate surface area is 192 Å². The fourth-order valence-corrected chi connectivity index (χ4v) is 2.90. The van der Waals surface area contributed by atoms with Crippen LogP contribution in [0.25, 0.3) is 0 Å². The van der Waals surface area contributed by atoms with Gasteiger partial charge in [0, 0.05) is 19.2 Å². The molecular formula is C22H36IN5O. The van der Waals surface area contributed by atoms with Gasteiger partial charge < -0.3 is 15.2 Å². The van der Waals surface area contributed by atoms with Gasteiger partial charge >= 0.3 is 0 Å². The van der Waals surface area contributed by atoms with Gasteiger partial charge in [0.1, 0.15) is 0 Å². The molecule has 0 bridgehead atoms. The van der Waals surface area contributed by atoms with Gasteiger partial charge in [-0.3, -0.25) is 4.90 Å². The zero-order chi connectivity index (χ0) is 20.4. The van der Waals surface area contributed by atoms with E-state index in [1.807, 2.05) is 6.07 Å². The summed E-state index contributed by atoms with van der Waals surface area (Å²) in [6, 6.07) is 10.7. The highest BCUT2D eigenvalue weighted by Gasteiger charge is 2.08. The monoisotopic (exact) mass is 513 g/mol. The van der Waals surface area contributed by atoms with Crippen molar-refractivity contribution in [2.45, 2.75) is 60.2 Å². The average molecular weight is 513 g/mol. The molecule has 0 saturated carbocycles. The normalized spacial score (nSPS) is 11.6. The molecule has 0 amide bonds. The highest BCUT2D eigenvalue weighted by atomic mass is 127. The van der Waals surface area contributed by atoms with Crippen molar-refractivity contribution < 1.29 is 4.52 Å². The predicted octanol–water partition coefficient (Wildman–Crippen LogP) is 4.51. The molecule has 0 aliphatic rings. The summed E-state index contributed by atoms with van der Waals surface area (Å²) in [4.78, 5) is 7.13. The van der Waals surface area contributed by atoms with Crippen LogP contribution in [-0.4, -0.2) is 35.7 Å². The van der Waals surface area contributed by atoms with E-state index < -0.39 is 0 Å². The maximum atomic E-state index is 5.39. The molecule has 0 unspecified atom stereocenters. The summed E-state index contributed by atoms with van der Waals surface area (Å²) in [6.07, 6.45) is 0. The maximum Gasteiger partial charge on any atom is 0.191 e. The highest BCUT2D eigenvalue weighted by Crippen LogP contribution is 2.14. The zero-order valence-electron chi connectivity index (χ0n) is 18.4. The lowest BCUT2D eigenvalue weighted by Crippen LogP contribution is -2.36. The maximum absolute atomic E-state index is 5.39. The fourth-order valence-electron chi connectivity index (χ4n) is 2.90. The Hall–Kier alpha value is -1.61. The van der Waals surface area contributed by atoms with Crippen molar-refractivity contribution >= 4 is 29.9 Å². The van der Waals surface area contributed by atoms with Crippen LogP contribution in [-0.2, 0) is 19.6 Å². The average Bonchev–Trinajstić information content (AvgIpc) is 3.18. The summed E-state index contributed by atoms with van der Waals surface area (Å²) in [6.45, 7) is 15.8. The minimum atomic E-state index is 0. The fraction of sp³-hybridized carbons (Fsp3) is 0.545. The minimum Gasteiger partial charge on any atom is -0.359 e. The Morgan fingerprint density at radius 2 is 1.83 bits per heavy atom. The molecular weight excluding hydrogens is 477 g/mol. The van der Waals surface area contributed by atoms with Crippen molar-refractivity contribution in [2.24, 2.45) is 4.99 Å². The molecule has 0 radical (unpaired) electrons. The van der Waals surface area contributed by atoms with Crippen LogP contribution in [0, 0.1) is 0 Å². The number of benzene rings is 1. The summed E-state index contributed by atoms with van der Waals surface area (Å²) in [5, 5.41) is 10.7. The molecule has 162 valence electrons. The van der Waals surface area contributed by atoms with Gasteiger partial charge in [0.2, 0.25) is 0 Å². The smallest absolute Gasteiger partial charge is 0.191 e. The van der Waals surface area contributed by atoms with E-state index in [0.717, 1.165) is 43.6 Å². The minimum absolute atomic E-state index is 0. The molecule has 0 spiro atoms. The van der Waals surface area contributed by atoms with Crippen molar-refractivity contribution in [3.63, 3.8) is 0 Å². The Kier molecular flexibility index (Phi) is 11.9. The standard InChI is InChI=1S/C22H35N5O.HI/c1-6-23-22(25-15-20-13-21(17(4)5)26-28-20)24-14-18-10-9-11-19(12-18)16-27(7-2)8-3;/h9-13,17H,6-8,14-16H2,1-5H3,(H2,23,24,25);1H. The Morgan fingerprint density at radius 3 is 2.45 bits per heavy atom. The van der Waals surface area contributed by atoms with Crippen LogP contribution in [0.3, 0.4) is 0 Å². The van der Waals surface area contributed by atoms with E-state index in [9.17, 15) is 0 Å². The predicted molar refractivity (Wildman–Crippen MR) is 131 cm³/mol. The number of guanidine groups is 1. The van der Waals surface area contributed by atoms with E-state index in [0.29, 0.717) is 19.0 Å². The molecule has 1 aromatic heterocycles. The summed E-state index contributed by atoms with van der Waals surface area (Å²) < 4.78 is 5.39. The molecule has 0 saturated heterocycles. The van der Waals surface area contributed by atoms with Gasteiger partial charge in [-0.2, -0.15) is 0 Å². The van der Waals surface area contributed by atoms with Gasteiger partial charge in [0.25, 0.3) is 0 Å². The van der Waals surface area contributed by atoms with E-state index in [2.05, 4.69) is 79.6 Å². The van der Waals surface area contributed by atoms with Crippen LogP contribution in [0.2, 0.25) is 0 Å². The van der Waals surface area contributed by atoms with E-state index >= 15 is 0 Å². The largest absolute Gasteiger partial charge is 0.359 e. The van der Waals surface area contributed by atoms with Crippen LogP contribution in [0.4, 0.5) is 0 Å². The van der Waals surface area contributed by atoms with Gasteiger partial charge in [-0.25, -0.2) is 4.99 Å². The van der Waals surface area contributed by atoms with Gasteiger partial charge in [-0.05, 0) is 37.1 Å². The van der Waals surface area contributed by atoms with Crippen LogP contribution >= 0.6 is 24.0 Å². The SMILES string of the molecule is CCNC(=NCc1cccc(CN(CC)CC)c1)NCc1cc(C(C)C)no1.I. The molecule has 2 aromatic rings. The van der Waals surface area contributed by atoms with Crippen molar-refractivity contribution in [3.05, 3.63) is 52.9 Å². The molecule has 1 aromatic carbocycles. The summed E-state index contributed by atoms with van der Waals surface area (Å²) in [5.41, 5.74) is 3.52. The molecule has 0 aliphatic heterocycles. The Morgan fingerprint density at radius 1 is 1.10 bits per heavy atom. The number of halogens is 1. The molecule has 29 heavy (non-hydrogen) atoms. The van der Waals surface area contributed by atoms with E-state index in [4.69, 9.17) is 9.52 Å². The lowest BCUT2D eigenvalue weighted by molar-refractivity contribution is 0.296. The Balaban J connectivity index is 0.00000420. The first-order valence-electron chi connectivity index (χ1n) is 10.3. The molecule has 1 heterocycles.